The number of aromatic nitrogens is 3. The molecule has 9 nitrogen and oxygen atoms in total. The van der Waals surface area contributed by atoms with Crippen molar-refractivity contribution < 1.29 is 22.7 Å². The second kappa shape index (κ2) is 9.51. The minimum atomic E-state index is -3.86. The van der Waals surface area contributed by atoms with Gasteiger partial charge in [-0.2, -0.15) is 5.10 Å². The first kappa shape index (κ1) is 25.3. The molecular weight excluding hydrogens is 461 g/mol. The number of carbonyl (C=O) groups is 1. The third-order valence-corrected chi connectivity index (χ3v) is 6.35. The lowest BCUT2D eigenvalue weighted by Crippen LogP contribution is -2.35. The van der Waals surface area contributed by atoms with E-state index in [1.54, 1.807) is 18.3 Å². The van der Waals surface area contributed by atoms with Crippen LogP contribution in [0.5, 0.6) is 0 Å². The number of nitrogens with one attached hydrogen (secondary N) is 1. The lowest BCUT2D eigenvalue weighted by molar-refractivity contribution is -0.136. The van der Waals surface area contributed by atoms with Crippen LogP contribution in [0, 0.1) is 5.82 Å². The van der Waals surface area contributed by atoms with Crippen LogP contribution in [-0.4, -0.2) is 40.8 Å². The smallest absolute Gasteiger partial charge is 0.307 e. The second-order valence-electron chi connectivity index (χ2n) is 9.01. The van der Waals surface area contributed by atoms with E-state index < -0.39 is 27.3 Å². The lowest BCUT2D eigenvalue weighted by atomic mass is 9.88. The Kier molecular flexibility index (Phi) is 7.08. The van der Waals surface area contributed by atoms with E-state index >= 15 is 0 Å². The van der Waals surface area contributed by atoms with E-state index in [1.807, 2.05) is 27.7 Å². The molecule has 182 valence electrons. The monoisotopic (exact) mass is 489 g/mol. The minimum Gasteiger partial charge on any atom is -0.481 e. The number of carboxylic acids is 1. The van der Waals surface area contributed by atoms with Gasteiger partial charge in [-0.1, -0.05) is 13.8 Å². The van der Waals surface area contributed by atoms with E-state index in [9.17, 15) is 22.7 Å². The topological polar surface area (TPSA) is 140 Å². The molecule has 4 N–H and O–H groups in total. The van der Waals surface area contributed by atoms with Crippen LogP contribution in [0.2, 0.25) is 0 Å². The number of carboxylic acid groups (broad SMARTS) is 1. The standard InChI is InChI=1S/C23H28FN5O4S/c1-14(2)18-8-16(24)9-19(20(18)10-22(30)31)15-5-6-26-21(7-15)27-13-23(3,4)29-12-17(11-28-29)34(25,32)33/h5-9,11-12,14H,10,13H2,1-4H3,(H,26,27)(H,30,31)(H2,25,32,33). The van der Waals surface area contributed by atoms with Gasteiger partial charge in [-0.25, -0.2) is 22.9 Å². The van der Waals surface area contributed by atoms with Crippen molar-refractivity contribution in [1.29, 1.82) is 0 Å². The molecule has 11 heteroatoms. The molecule has 0 fully saturated rings. The first-order valence-corrected chi connectivity index (χ1v) is 12.1. The van der Waals surface area contributed by atoms with Crippen LogP contribution in [0.15, 0.2) is 47.8 Å². The first-order valence-electron chi connectivity index (χ1n) is 10.6. The molecule has 0 amide bonds. The van der Waals surface area contributed by atoms with Gasteiger partial charge in [-0.15, -0.1) is 0 Å². The highest BCUT2D eigenvalue weighted by Gasteiger charge is 2.24. The van der Waals surface area contributed by atoms with Crippen LogP contribution >= 0.6 is 0 Å². The van der Waals surface area contributed by atoms with Gasteiger partial charge in [0.15, 0.2) is 0 Å². The van der Waals surface area contributed by atoms with Gasteiger partial charge in [0.25, 0.3) is 0 Å². The third-order valence-electron chi connectivity index (χ3n) is 5.48. The van der Waals surface area contributed by atoms with Crippen LogP contribution in [0.1, 0.15) is 44.7 Å². The second-order valence-corrected chi connectivity index (χ2v) is 10.6. The van der Waals surface area contributed by atoms with Gasteiger partial charge in [-0.05, 0) is 66.3 Å². The maximum absolute atomic E-state index is 14.4. The molecular formula is C23H28FN5O4S. The first-order chi connectivity index (χ1) is 15.8. The highest BCUT2D eigenvalue weighted by Crippen LogP contribution is 2.33. The molecule has 0 saturated carbocycles. The number of anilines is 1. The van der Waals surface area contributed by atoms with Gasteiger partial charge >= 0.3 is 5.97 Å². The molecule has 34 heavy (non-hydrogen) atoms. The molecule has 2 heterocycles. The zero-order valence-electron chi connectivity index (χ0n) is 19.4. The molecule has 0 aliphatic carbocycles. The molecule has 0 atom stereocenters. The van der Waals surface area contributed by atoms with Crippen molar-refractivity contribution in [2.45, 2.75) is 50.5 Å². The van der Waals surface area contributed by atoms with E-state index in [0.29, 0.717) is 34.6 Å². The number of hydrogen-bond acceptors (Lipinski definition) is 6. The van der Waals surface area contributed by atoms with Gasteiger partial charge in [0, 0.05) is 18.9 Å². The summed E-state index contributed by atoms with van der Waals surface area (Å²) in [4.78, 5) is 15.7. The van der Waals surface area contributed by atoms with Gasteiger partial charge < -0.3 is 10.4 Å². The predicted octanol–water partition coefficient (Wildman–Crippen LogP) is 3.33. The molecule has 0 aliphatic rings. The van der Waals surface area contributed by atoms with E-state index in [1.165, 1.54) is 29.2 Å². The quantitative estimate of drug-likeness (QED) is 0.419. The summed E-state index contributed by atoms with van der Waals surface area (Å²) in [5, 5.41) is 21.9. The highest BCUT2D eigenvalue weighted by molar-refractivity contribution is 7.89. The van der Waals surface area contributed by atoms with Crippen molar-refractivity contribution in [3.05, 3.63) is 59.8 Å². The molecule has 0 bridgehead atoms. The van der Waals surface area contributed by atoms with E-state index in [4.69, 9.17) is 5.14 Å². The molecule has 0 unspecified atom stereocenters. The molecule has 0 spiro atoms. The van der Waals surface area contributed by atoms with Crippen LogP contribution in [0.4, 0.5) is 10.2 Å². The third kappa shape index (κ3) is 5.78. The largest absolute Gasteiger partial charge is 0.481 e. The molecule has 0 radical (unpaired) electrons. The molecule has 3 aromatic rings. The number of sulfonamides is 1. The number of benzene rings is 1. The highest BCUT2D eigenvalue weighted by atomic mass is 32.2. The number of halogens is 1. The zero-order chi connectivity index (χ0) is 25.3. The Bertz CT molecular complexity index is 1320. The van der Waals surface area contributed by atoms with Gasteiger partial charge in [-0.3, -0.25) is 9.48 Å². The van der Waals surface area contributed by atoms with Gasteiger partial charge in [0.05, 0.1) is 18.2 Å². The molecule has 0 aliphatic heterocycles. The van der Waals surface area contributed by atoms with Crippen molar-refractivity contribution in [3.63, 3.8) is 0 Å². The van der Waals surface area contributed by atoms with Crippen LogP contribution < -0.4 is 10.5 Å². The summed E-state index contributed by atoms with van der Waals surface area (Å²) in [6.45, 7) is 7.83. The lowest BCUT2D eigenvalue weighted by Gasteiger charge is -2.26. The Morgan fingerprint density at radius 3 is 2.59 bits per heavy atom. The fourth-order valence-corrected chi connectivity index (χ4v) is 4.09. The summed E-state index contributed by atoms with van der Waals surface area (Å²) in [6, 6.07) is 6.15. The van der Waals surface area contributed by atoms with Crippen molar-refractivity contribution >= 4 is 21.8 Å². The maximum atomic E-state index is 14.4. The average molecular weight is 490 g/mol. The number of hydrogen-bond donors (Lipinski definition) is 3. The average Bonchev–Trinajstić information content (AvgIpc) is 3.25. The van der Waals surface area contributed by atoms with Gasteiger partial charge in [0.2, 0.25) is 10.0 Å². The number of nitrogens with two attached hydrogens (primary N) is 1. The van der Waals surface area contributed by atoms with Crippen LogP contribution in [0.3, 0.4) is 0 Å². The Morgan fingerprint density at radius 2 is 2.00 bits per heavy atom. The maximum Gasteiger partial charge on any atom is 0.307 e. The summed E-state index contributed by atoms with van der Waals surface area (Å²) in [5.74, 6) is -1.01. The Morgan fingerprint density at radius 1 is 1.29 bits per heavy atom. The van der Waals surface area contributed by atoms with Crippen LogP contribution in [0.25, 0.3) is 11.1 Å². The Hall–Kier alpha value is -3.31. The van der Waals surface area contributed by atoms with Crippen molar-refractivity contribution in [2.24, 2.45) is 5.14 Å². The fourth-order valence-electron chi connectivity index (χ4n) is 3.65. The van der Waals surface area contributed by atoms with Crippen molar-refractivity contribution in [3.8, 4) is 11.1 Å². The fraction of sp³-hybridized carbons (Fsp3) is 0.348. The van der Waals surface area contributed by atoms with Crippen molar-refractivity contribution in [2.75, 3.05) is 11.9 Å². The molecule has 0 saturated heterocycles. The molecule has 2 aromatic heterocycles. The summed E-state index contributed by atoms with van der Waals surface area (Å²) < 4.78 is 39.0. The summed E-state index contributed by atoms with van der Waals surface area (Å²) in [5.41, 5.74) is 1.70. The van der Waals surface area contributed by atoms with E-state index in [-0.39, 0.29) is 17.2 Å². The minimum absolute atomic E-state index is 0.0553. The SMILES string of the molecule is CC(C)c1cc(F)cc(-c2ccnc(NCC(C)(C)n3cc(S(N)(=O)=O)cn3)c2)c1CC(=O)O. The number of pyridine rings is 1. The number of aliphatic carboxylic acids is 1. The van der Waals surface area contributed by atoms with E-state index in [2.05, 4.69) is 15.4 Å². The molecule has 3 rings (SSSR count). The number of nitrogens with zero attached hydrogens (tertiary/aromatic N) is 3. The number of rotatable bonds is 9. The predicted molar refractivity (Wildman–Crippen MR) is 126 cm³/mol. The Balaban J connectivity index is 1.91. The summed E-state index contributed by atoms with van der Waals surface area (Å²) in [7, 11) is -3.86. The number of primary sulfonamides is 1. The van der Waals surface area contributed by atoms with Gasteiger partial charge in [0.1, 0.15) is 16.5 Å². The summed E-state index contributed by atoms with van der Waals surface area (Å²) in [6.07, 6.45) is 3.88. The normalized spacial score (nSPS) is 12.2. The van der Waals surface area contributed by atoms with Crippen molar-refractivity contribution in [1.82, 2.24) is 14.8 Å². The van der Waals surface area contributed by atoms with Crippen LogP contribution in [-0.2, 0) is 26.8 Å². The Labute approximate surface area is 197 Å². The summed E-state index contributed by atoms with van der Waals surface area (Å²) >= 11 is 0. The van der Waals surface area contributed by atoms with E-state index in [0.717, 1.165) is 0 Å². The zero-order valence-corrected chi connectivity index (χ0v) is 20.2. The molecule has 1 aromatic carbocycles.